The fourth-order valence-corrected chi connectivity index (χ4v) is 3.94. The third-order valence-corrected chi connectivity index (χ3v) is 5.65. The summed E-state index contributed by atoms with van der Waals surface area (Å²) in [6.45, 7) is 1.97. The van der Waals surface area contributed by atoms with Crippen molar-refractivity contribution in [3.63, 3.8) is 0 Å². The topological polar surface area (TPSA) is 72.7 Å². The van der Waals surface area contributed by atoms with E-state index in [9.17, 15) is 9.18 Å². The number of tetrazole rings is 1. The molecule has 0 radical (unpaired) electrons. The van der Waals surface area contributed by atoms with Gasteiger partial charge in [-0.3, -0.25) is 4.79 Å². The number of rotatable bonds is 6. The molecule has 1 N–H and O–H groups in total. The Hall–Kier alpha value is -3.52. The van der Waals surface area contributed by atoms with Crippen molar-refractivity contribution in [2.24, 2.45) is 0 Å². The first-order chi connectivity index (χ1) is 14.6. The van der Waals surface area contributed by atoms with Crippen LogP contribution in [0.5, 0.6) is 0 Å². The summed E-state index contributed by atoms with van der Waals surface area (Å²) in [6, 6.07) is 22.8. The number of aryl methyl sites for hydroxylation is 1. The van der Waals surface area contributed by atoms with Gasteiger partial charge < -0.3 is 5.32 Å². The van der Waals surface area contributed by atoms with E-state index >= 15 is 0 Å². The summed E-state index contributed by atoms with van der Waals surface area (Å²) in [5, 5.41) is 14.8. The Morgan fingerprint density at radius 1 is 1.00 bits per heavy atom. The third kappa shape index (κ3) is 4.38. The lowest BCUT2D eigenvalue weighted by atomic mass is 10.1. The summed E-state index contributed by atoms with van der Waals surface area (Å²) in [5.41, 5.74) is 3.18. The molecule has 1 aromatic heterocycles. The number of nitrogens with one attached hydrogen (secondary N) is 1. The SMILES string of the molecule is Cc1ccccc1-n1nnnc1S[C@@H](C(=O)Nc1ccc(F)cc1)c1ccccc1. The van der Waals surface area contributed by atoms with Crippen LogP contribution in [-0.2, 0) is 4.79 Å². The zero-order valence-corrected chi connectivity index (χ0v) is 16.9. The average Bonchev–Trinajstić information content (AvgIpc) is 3.22. The summed E-state index contributed by atoms with van der Waals surface area (Å²) < 4.78 is 14.8. The Balaban J connectivity index is 1.65. The maximum atomic E-state index is 13.2. The Morgan fingerprint density at radius 3 is 2.43 bits per heavy atom. The highest BCUT2D eigenvalue weighted by Crippen LogP contribution is 2.36. The van der Waals surface area contributed by atoms with Crippen molar-refractivity contribution in [3.8, 4) is 5.69 Å². The molecular formula is C22H18FN5OS. The second-order valence-corrected chi connectivity index (χ2v) is 7.64. The Morgan fingerprint density at radius 2 is 1.70 bits per heavy atom. The predicted octanol–water partition coefficient (Wildman–Crippen LogP) is 4.58. The zero-order chi connectivity index (χ0) is 20.9. The number of amides is 1. The highest BCUT2D eigenvalue weighted by molar-refractivity contribution is 8.00. The maximum absolute atomic E-state index is 13.2. The van der Waals surface area contributed by atoms with Gasteiger partial charge in [-0.1, -0.05) is 60.3 Å². The van der Waals surface area contributed by atoms with Crippen molar-refractivity contribution >= 4 is 23.4 Å². The summed E-state index contributed by atoms with van der Waals surface area (Å²) in [7, 11) is 0. The quantitative estimate of drug-likeness (QED) is 0.463. The Labute approximate surface area is 177 Å². The van der Waals surface area contributed by atoms with Gasteiger partial charge in [-0.2, -0.15) is 4.68 Å². The van der Waals surface area contributed by atoms with Crippen LogP contribution in [0.3, 0.4) is 0 Å². The van der Waals surface area contributed by atoms with Crippen molar-refractivity contribution < 1.29 is 9.18 Å². The lowest BCUT2D eigenvalue weighted by Gasteiger charge is -2.17. The highest BCUT2D eigenvalue weighted by Gasteiger charge is 2.25. The van der Waals surface area contributed by atoms with Gasteiger partial charge in [0.25, 0.3) is 0 Å². The number of benzene rings is 3. The number of carbonyl (C=O) groups excluding carboxylic acids is 1. The van der Waals surface area contributed by atoms with Crippen LogP contribution in [0.2, 0.25) is 0 Å². The van der Waals surface area contributed by atoms with Crippen LogP contribution in [0.25, 0.3) is 5.69 Å². The van der Waals surface area contributed by atoms with Gasteiger partial charge in [0.05, 0.1) is 5.69 Å². The normalized spacial score (nSPS) is 11.8. The summed E-state index contributed by atoms with van der Waals surface area (Å²) in [4.78, 5) is 13.1. The molecule has 0 saturated heterocycles. The minimum atomic E-state index is -0.606. The largest absolute Gasteiger partial charge is 0.325 e. The number of hydrogen-bond acceptors (Lipinski definition) is 5. The van der Waals surface area contributed by atoms with E-state index in [-0.39, 0.29) is 11.7 Å². The van der Waals surface area contributed by atoms with E-state index in [1.807, 2.05) is 61.5 Å². The molecule has 0 bridgehead atoms. The number of thioether (sulfide) groups is 1. The number of para-hydroxylation sites is 1. The first-order valence-electron chi connectivity index (χ1n) is 9.24. The van der Waals surface area contributed by atoms with Crippen LogP contribution in [-0.4, -0.2) is 26.1 Å². The van der Waals surface area contributed by atoms with Crippen molar-refractivity contribution in [2.75, 3.05) is 5.32 Å². The van der Waals surface area contributed by atoms with E-state index in [0.717, 1.165) is 16.8 Å². The molecular weight excluding hydrogens is 401 g/mol. The molecule has 0 fully saturated rings. The minimum Gasteiger partial charge on any atom is -0.325 e. The molecule has 4 rings (SSSR count). The molecule has 0 spiro atoms. The van der Waals surface area contributed by atoms with E-state index in [1.165, 1.54) is 36.0 Å². The van der Waals surface area contributed by atoms with Crippen molar-refractivity contribution in [1.82, 2.24) is 20.2 Å². The first kappa shape index (κ1) is 19.8. The van der Waals surface area contributed by atoms with Gasteiger partial charge in [0.15, 0.2) is 0 Å². The highest BCUT2D eigenvalue weighted by atomic mass is 32.2. The number of nitrogens with zero attached hydrogens (tertiary/aromatic N) is 4. The van der Waals surface area contributed by atoms with E-state index in [2.05, 4.69) is 20.8 Å². The second-order valence-electron chi connectivity index (χ2n) is 6.56. The van der Waals surface area contributed by atoms with Crippen LogP contribution in [0.4, 0.5) is 10.1 Å². The van der Waals surface area contributed by atoms with E-state index in [4.69, 9.17) is 0 Å². The van der Waals surface area contributed by atoms with Gasteiger partial charge in [-0.05, 0) is 58.8 Å². The minimum absolute atomic E-state index is 0.253. The molecule has 8 heteroatoms. The molecule has 150 valence electrons. The molecule has 1 amide bonds. The number of carbonyl (C=O) groups is 1. The number of anilines is 1. The van der Waals surface area contributed by atoms with E-state index in [1.54, 1.807) is 4.68 Å². The molecule has 0 aliphatic heterocycles. The standard InChI is InChI=1S/C22H18FN5OS/c1-15-7-5-6-10-19(15)28-22(25-26-27-28)30-20(16-8-3-2-4-9-16)21(29)24-18-13-11-17(23)12-14-18/h2-14,20H,1H3,(H,24,29)/t20-/m1/s1. The fourth-order valence-electron chi connectivity index (χ4n) is 2.95. The van der Waals surface area contributed by atoms with Gasteiger partial charge in [0.1, 0.15) is 11.1 Å². The van der Waals surface area contributed by atoms with Crippen LogP contribution in [0, 0.1) is 12.7 Å². The van der Waals surface area contributed by atoms with E-state index in [0.29, 0.717) is 10.8 Å². The summed E-state index contributed by atoms with van der Waals surface area (Å²) >= 11 is 1.25. The second kappa shape index (κ2) is 8.87. The molecule has 1 heterocycles. The lowest BCUT2D eigenvalue weighted by molar-refractivity contribution is -0.115. The zero-order valence-electron chi connectivity index (χ0n) is 16.1. The van der Waals surface area contributed by atoms with Crippen LogP contribution < -0.4 is 5.32 Å². The number of aromatic nitrogens is 4. The van der Waals surface area contributed by atoms with Crippen molar-refractivity contribution in [1.29, 1.82) is 0 Å². The van der Waals surface area contributed by atoms with Gasteiger partial charge in [0.2, 0.25) is 11.1 Å². The molecule has 4 aromatic rings. The molecule has 0 saturated carbocycles. The monoisotopic (exact) mass is 419 g/mol. The fraction of sp³-hybridized carbons (Fsp3) is 0.0909. The smallest absolute Gasteiger partial charge is 0.242 e. The van der Waals surface area contributed by atoms with Crippen molar-refractivity contribution in [2.45, 2.75) is 17.3 Å². The van der Waals surface area contributed by atoms with Gasteiger partial charge in [-0.25, -0.2) is 4.39 Å². The third-order valence-electron chi connectivity index (χ3n) is 4.46. The molecule has 1 atom stereocenters. The molecule has 0 unspecified atom stereocenters. The van der Waals surface area contributed by atoms with Crippen LogP contribution >= 0.6 is 11.8 Å². The maximum Gasteiger partial charge on any atom is 0.242 e. The van der Waals surface area contributed by atoms with Gasteiger partial charge >= 0.3 is 0 Å². The number of halogens is 1. The lowest BCUT2D eigenvalue weighted by Crippen LogP contribution is -2.19. The Bertz CT molecular complexity index is 1150. The molecule has 30 heavy (non-hydrogen) atoms. The van der Waals surface area contributed by atoms with Crippen LogP contribution in [0.15, 0.2) is 84.0 Å². The van der Waals surface area contributed by atoms with E-state index < -0.39 is 5.25 Å². The Kier molecular flexibility index (Phi) is 5.85. The van der Waals surface area contributed by atoms with Gasteiger partial charge in [-0.15, -0.1) is 5.10 Å². The first-order valence-corrected chi connectivity index (χ1v) is 10.1. The van der Waals surface area contributed by atoms with Crippen molar-refractivity contribution in [3.05, 3.63) is 95.8 Å². The summed E-state index contributed by atoms with van der Waals surface area (Å²) in [5.74, 6) is -0.614. The van der Waals surface area contributed by atoms with Crippen LogP contribution in [0.1, 0.15) is 16.4 Å². The molecule has 3 aromatic carbocycles. The molecule has 6 nitrogen and oxygen atoms in total. The molecule has 0 aliphatic carbocycles. The average molecular weight is 419 g/mol. The van der Waals surface area contributed by atoms with Gasteiger partial charge in [0, 0.05) is 5.69 Å². The number of hydrogen-bond donors (Lipinski definition) is 1. The summed E-state index contributed by atoms with van der Waals surface area (Å²) in [6.07, 6.45) is 0. The molecule has 0 aliphatic rings. The predicted molar refractivity (Wildman–Crippen MR) is 114 cm³/mol.